The van der Waals surface area contributed by atoms with Crippen molar-refractivity contribution < 1.29 is 9.53 Å². The molecule has 0 bridgehead atoms. The SMILES string of the molecule is Cc1csc(CC(=O)C2CCOC3(CCC3)C2)n1. The first-order valence-electron chi connectivity index (χ1n) is 6.75. The van der Waals surface area contributed by atoms with Crippen LogP contribution in [0.3, 0.4) is 0 Å². The molecule has 2 fully saturated rings. The van der Waals surface area contributed by atoms with Gasteiger partial charge in [0, 0.05) is 23.6 Å². The predicted molar refractivity (Wildman–Crippen MR) is 70.8 cm³/mol. The van der Waals surface area contributed by atoms with Crippen molar-refractivity contribution in [1.82, 2.24) is 4.98 Å². The third-order valence-corrected chi connectivity index (χ3v) is 5.17. The van der Waals surface area contributed by atoms with Gasteiger partial charge in [-0.2, -0.15) is 0 Å². The van der Waals surface area contributed by atoms with Crippen LogP contribution in [0.2, 0.25) is 0 Å². The van der Waals surface area contributed by atoms with Gasteiger partial charge in [0.1, 0.15) is 10.8 Å². The average molecular weight is 265 g/mol. The summed E-state index contributed by atoms with van der Waals surface area (Å²) in [7, 11) is 0. The van der Waals surface area contributed by atoms with E-state index in [1.165, 1.54) is 6.42 Å². The number of ether oxygens (including phenoxy) is 1. The number of rotatable bonds is 3. The lowest BCUT2D eigenvalue weighted by atomic mass is 9.71. The van der Waals surface area contributed by atoms with Gasteiger partial charge in [0.05, 0.1) is 12.0 Å². The van der Waals surface area contributed by atoms with Crippen LogP contribution in [0.1, 0.15) is 42.8 Å². The molecule has 0 aromatic carbocycles. The van der Waals surface area contributed by atoms with Gasteiger partial charge in [0.25, 0.3) is 0 Å². The Balaban J connectivity index is 1.61. The van der Waals surface area contributed by atoms with Crippen LogP contribution in [-0.4, -0.2) is 23.0 Å². The lowest BCUT2D eigenvalue weighted by Crippen LogP contribution is -2.47. The highest BCUT2D eigenvalue weighted by molar-refractivity contribution is 7.09. The van der Waals surface area contributed by atoms with Crippen molar-refractivity contribution in [2.75, 3.05) is 6.61 Å². The van der Waals surface area contributed by atoms with Crippen LogP contribution in [0.4, 0.5) is 0 Å². The molecule has 1 aliphatic carbocycles. The third kappa shape index (κ3) is 2.36. The maximum absolute atomic E-state index is 12.3. The minimum absolute atomic E-state index is 0.0668. The fraction of sp³-hybridized carbons (Fsp3) is 0.714. The summed E-state index contributed by atoms with van der Waals surface area (Å²) in [5.41, 5.74) is 1.09. The first-order chi connectivity index (χ1) is 8.67. The van der Waals surface area contributed by atoms with Crippen LogP contribution in [0.5, 0.6) is 0 Å². The van der Waals surface area contributed by atoms with Crippen LogP contribution in [0.25, 0.3) is 0 Å². The average Bonchev–Trinajstić information content (AvgIpc) is 2.73. The van der Waals surface area contributed by atoms with Crippen LogP contribution in [0, 0.1) is 12.8 Å². The van der Waals surface area contributed by atoms with E-state index in [2.05, 4.69) is 4.98 Å². The van der Waals surface area contributed by atoms with Crippen molar-refractivity contribution in [2.24, 2.45) is 5.92 Å². The number of aryl methyl sites for hydroxylation is 1. The van der Waals surface area contributed by atoms with E-state index < -0.39 is 0 Å². The zero-order valence-corrected chi connectivity index (χ0v) is 11.6. The summed E-state index contributed by atoms with van der Waals surface area (Å²) >= 11 is 1.60. The standard InChI is InChI=1S/C14H19NO2S/c1-10-9-18-13(15-10)7-12(16)11-3-6-17-14(8-11)4-2-5-14/h9,11H,2-8H2,1H3. The molecule has 1 atom stereocenters. The Morgan fingerprint density at radius 3 is 3.06 bits per heavy atom. The molecule has 1 aliphatic heterocycles. The summed E-state index contributed by atoms with van der Waals surface area (Å²) in [6.45, 7) is 2.73. The minimum Gasteiger partial charge on any atom is -0.375 e. The van der Waals surface area contributed by atoms with Crippen LogP contribution in [0.15, 0.2) is 5.38 Å². The molecule has 2 aliphatic rings. The summed E-state index contributed by atoms with van der Waals surface area (Å²) in [5.74, 6) is 0.558. The number of carbonyl (C=O) groups excluding carboxylic acids is 1. The van der Waals surface area contributed by atoms with E-state index in [4.69, 9.17) is 4.74 Å². The quantitative estimate of drug-likeness (QED) is 0.843. The number of nitrogens with zero attached hydrogens (tertiary/aromatic N) is 1. The van der Waals surface area contributed by atoms with Crippen LogP contribution in [-0.2, 0) is 16.0 Å². The second-order valence-electron chi connectivity index (χ2n) is 5.60. The third-order valence-electron chi connectivity index (χ3n) is 4.21. The number of thiazole rings is 1. The molecule has 1 aromatic rings. The largest absolute Gasteiger partial charge is 0.375 e. The van der Waals surface area contributed by atoms with Crippen molar-refractivity contribution in [3.05, 3.63) is 16.1 Å². The Hall–Kier alpha value is -0.740. The Labute approximate surface area is 112 Å². The molecule has 3 rings (SSSR count). The van der Waals surface area contributed by atoms with E-state index >= 15 is 0 Å². The molecular weight excluding hydrogens is 246 g/mol. The van der Waals surface area contributed by atoms with Gasteiger partial charge in [-0.3, -0.25) is 4.79 Å². The highest BCUT2D eigenvalue weighted by Gasteiger charge is 2.44. The number of hydrogen-bond acceptors (Lipinski definition) is 4. The topological polar surface area (TPSA) is 39.2 Å². The molecule has 1 unspecified atom stereocenters. The second kappa shape index (κ2) is 4.74. The number of carbonyl (C=O) groups is 1. The van der Waals surface area contributed by atoms with Gasteiger partial charge in [-0.05, 0) is 39.0 Å². The molecule has 18 heavy (non-hydrogen) atoms. The first kappa shape index (κ1) is 12.3. The molecule has 3 nitrogen and oxygen atoms in total. The maximum atomic E-state index is 12.3. The maximum Gasteiger partial charge on any atom is 0.142 e. The van der Waals surface area contributed by atoms with Gasteiger partial charge in [0.2, 0.25) is 0 Å². The molecule has 1 saturated heterocycles. The van der Waals surface area contributed by atoms with Crippen molar-refractivity contribution in [3.8, 4) is 0 Å². The Bertz CT molecular complexity index is 450. The minimum atomic E-state index is 0.0668. The van der Waals surface area contributed by atoms with E-state index in [-0.39, 0.29) is 11.5 Å². The highest BCUT2D eigenvalue weighted by atomic mass is 32.1. The van der Waals surface area contributed by atoms with Gasteiger partial charge < -0.3 is 4.74 Å². The summed E-state index contributed by atoms with van der Waals surface area (Å²) in [6, 6.07) is 0. The van der Waals surface area contributed by atoms with Crippen LogP contribution >= 0.6 is 11.3 Å². The summed E-state index contributed by atoms with van der Waals surface area (Å²) in [5, 5.41) is 2.98. The normalized spacial score (nSPS) is 25.9. The number of ketones is 1. The smallest absolute Gasteiger partial charge is 0.142 e. The van der Waals surface area contributed by atoms with Crippen molar-refractivity contribution in [1.29, 1.82) is 0 Å². The molecule has 2 heterocycles. The highest BCUT2D eigenvalue weighted by Crippen LogP contribution is 2.44. The predicted octanol–water partition coefficient (Wildman–Crippen LogP) is 2.91. The lowest BCUT2D eigenvalue weighted by Gasteiger charge is -2.46. The zero-order chi connectivity index (χ0) is 12.6. The van der Waals surface area contributed by atoms with E-state index in [0.717, 1.165) is 43.0 Å². The van der Waals surface area contributed by atoms with Gasteiger partial charge in [0.15, 0.2) is 0 Å². The molecule has 1 spiro atoms. The molecule has 0 radical (unpaired) electrons. The first-order valence-corrected chi connectivity index (χ1v) is 7.63. The number of hydrogen-bond donors (Lipinski definition) is 0. The van der Waals surface area contributed by atoms with Gasteiger partial charge in [-0.1, -0.05) is 0 Å². The lowest BCUT2D eigenvalue weighted by molar-refractivity contribution is -0.155. The molecule has 98 valence electrons. The van der Waals surface area contributed by atoms with Gasteiger partial charge in [-0.25, -0.2) is 4.98 Å². The Morgan fingerprint density at radius 1 is 1.61 bits per heavy atom. The summed E-state index contributed by atoms with van der Waals surface area (Å²) < 4.78 is 5.87. The van der Waals surface area contributed by atoms with Crippen molar-refractivity contribution >= 4 is 17.1 Å². The van der Waals surface area contributed by atoms with E-state index in [9.17, 15) is 4.79 Å². The molecule has 4 heteroatoms. The monoisotopic (exact) mass is 265 g/mol. The molecule has 1 aromatic heterocycles. The van der Waals surface area contributed by atoms with E-state index in [0.29, 0.717) is 12.2 Å². The number of Topliss-reactive ketones (excluding diaryl/α,β-unsaturated/α-hetero) is 1. The molecule has 1 saturated carbocycles. The second-order valence-corrected chi connectivity index (χ2v) is 6.54. The fourth-order valence-electron chi connectivity index (χ4n) is 3.00. The summed E-state index contributed by atoms with van der Waals surface area (Å²) in [4.78, 5) is 16.7. The van der Waals surface area contributed by atoms with Crippen LogP contribution < -0.4 is 0 Å². The van der Waals surface area contributed by atoms with Crippen molar-refractivity contribution in [2.45, 2.75) is 51.0 Å². The summed E-state index contributed by atoms with van der Waals surface area (Å²) in [6.07, 6.45) is 5.90. The zero-order valence-electron chi connectivity index (χ0n) is 10.8. The van der Waals surface area contributed by atoms with E-state index in [1.807, 2.05) is 12.3 Å². The van der Waals surface area contributed by atoms with Gasteiger partial charge >= 0.3 is 0 Å². The molecule has 0 amide bonds. The molecule has 0 N–H and O–H groups in total. The Kier molecular flexibility index (Phi) is 3.24. The fourth-order valence-corrected chi connectivity index (χ4v) is 3.78. The van der Waals surface area contributed by atoms with Gasteiger partial charge in [-0.15, -0.1) is 11.3 Å². The Morgan fingerprint density at radius 2 is 2.44 bits per heavy atom. The number of aromatic nitrogens is 1. The van der Waals surface area contributed by atoms with Crippen molar-refractivity contribution in [3.63, 3.8) is 0 Å². The van der Waals surface area contributed by atoms with E-state index in [1.54, 1.807) is 11.3 Å². The molecular formula is C14H19NO2S.